The Morgan fingerprint density at radius 2 is 2.08 bits per heavy atom. The fraction of sp³-hybridized carbons (Fsp3) is 0.450. The quantitative estimate of drug-likeness (QED) is 0.854. The number of carbonyl (C=O) groups excluding carboxylic acids is 2. The van der Waals surface area contributed by atoms with Gasteiger partial charge in [0, 0.05) is 29.3 Å². The van der Waals surface area contributed by atoms with E-state index in [0.717, 1.165) is 24.1 Å². The van der Waals surface area contributed by atoms with Crippen molar-refractivity contribution in [3.8, 4) is 5.75 Å². The molecule has 1 aromatic rings. The molecule has 0 saturated heterocycles. The van der Waals surface area contributed by atoms with Crippen molar-refractivity contribution in [3.63, 3.8) is 0 Å². The van der Waals surface area contributed by atoms with Crippen LogP contribution in [0.1, 0.15) is 51.5 Å². The Morgan fingerprint density at radius 3 is 2.76 bits per heavy atom. The van der Waals surface area contributed by atoms with Crippen molar-refractivity contribution < 1.29 is 19.4 Å². The molecule has 0 radical (unpaired) electrons. The summed E-state index contributed by atoms with van der Waals surface area (Å²) in [4.78, 5) is 30.0. The van der Waals surface area contributed by atoms with E-state index in [9.17, 15) is 14.7 Å². The van der Waals surface area contributed by atoms with Crippen LogP contribution in [0, 0.1) is 5.92 Å². The first kappa shape index (κ1) is 17.4. The molecule has 5 nitrogen and oxygen atoms in total. The number of hydrogen-bond donors (Lipinski definition) is 1. The molecule has 132 valence electrons. The number of hydrogen-bond acceptors (Lipinski definition) is 5. The van der Waals surface area contributed by atoms with E-state index in [1.807, 2.05) is 13.0 Å². The number of Topliss-reactive ketones (excluding diaryl/α,β-unsaturated/α-hetero) is 1. The van der Waals surface area contributed by atoms with Gasteiger partial charge in [-0.15, -0.1) is 0 Å². The molecule has 1 N–H and O–H groups in total. The molecule has 3 rings (SSSR count). The number of ketones is 1. The zero-order valence-electron chi connectivity index (χ0n) is 14.8. The summed E-state index contributed by atoms with van der Waals surface area (Å²) < 4.78 is 5.44. The highest BCUT2D eigenvalue weighted by Crippen LogP contribution is 2.44. The fourth-order valence-corrected chi connectivity index (χ4v) is 3.70. The smallest absolute Gasteiger partial charge is 0.315 e. The van der Waals surface area contributed by atoms with Crippen LogP contribution in [0.2, 0.25) is 0 Å². The lowest BCUT2D eigenvalue weighted by Crippen LogP contribution is -2.38. The van der Waals surface area contributed by atoms with Gasteiger partial charge in [-0.2, -0.15) is 0 Å². The van der Waals surface area contributed by atoms with Gasteiger partial charge >= 0.3 is 5.97 Å². The van der Waals surface area contributed by atoms with Crippen LogP contribution in [0.5, 0.6) is 5.75 Å². The van der Waals surface area contributed by atoms with Crippen LogP contribution < -0.4 is 0 Å². The number of nitrogens with zero attached hydrogens (tertiary/aromatic N) is 1. The van der Waals surface area contributed by atoms with E-state index in [4.69, 9.17) is 4.74 Å². The van der Waals surface area contributed by atoms with Crippen molar-refractivity contribution in [2.75, 3.05) is 0 Å². The normalized spacial score (nSPS) is 23.4. The van der Waals surface area contributed by atoms with E-state index in [0.29, 0.717) is 17.7 Å². The maximum absolute atomic E-state index is 12.8. The van der Waals surface area contributed by atoms with Crippen LogP contribution in [0.25, 0.3) is 0 Å². The number of aliphatic imine (C=N–C) groups is 1. The van der Waals surface area contributed by atoms with Crippen LogP contribution in [0.4, 0.5) is 0 Å². The molecule has 1 aliphatic carbocycles. The lowest BCUT2D eigenvalue weighted by molar-refractivity contribution is -0.150. The molecule has 25 heavy (non-hydrogen) atoms. The predicted octanol–water partition coefficient (Wildman–Crippen LogP) is 3.53. The van der Waals surface area contributed by atoms with Crippen molar-refractivity contribution in [2.45, 2.75) is 52.1 Å². The third-order valence-corrected chi connectivity index (χ3v) is 4.67. The van der Waals surface area contributed by atoms with Crippen molar-refractivity contribution in [3.05, 3.63) is 41.1 Å². The SMILES string of the molecule is CC1=NC2=C(C(=O)CCC2)[C@@H](c2cccc(O)c2)C1C(=O)OC(C)C. The Bertz CT molecular complexity index is 776. The minimum Gasteiger partial charge on any atom is -0.508 e. The summed E-state index contributed by atoms with van der Waals surface area (Å²) in [5.41, 5.74) is 2.78. The summed E-state index contributed by atoms with van der Waals surface area (Å²) in [5.74, 6) is -1.34. The van der Waals surface area contributed by atoms with Crippen LogP contribution in [-0.2, 0) is 14.3 Å². The molecule has 0 spiro atoms. The first-order valence-electron chi connectivity index (χ1n) is 8.69. The zero-order valence-corrected chi connectivity index (χ0v) is 14.8. The third-order valence-electron chi connectivity index (χ3n) is 4.67. The minimum atomic E-state index is -0.648. The summed E-state index contributed by atoms with van der Waals surface area (Å²) >= 11 is 0. The monoisotopic (exact) mass is 341 g/mol. The van der Waals surface area contributed by atoms with Gasteiger partial charge in [0.2, 0.25) is 0 Å². The van der Waals surface area contributed by atoms with Gasteiger partial charge in [-0.25, -0.2) is 0 Å². The molecule has 1 aromatic carbocycles. The molecule has 0 bridgehead atoms. The van der Waals surface area contributed by atoms with Gasteiger partial charge in [0.05, 0.1) is 6.10 Å². The van der Waals surface area contributed by atoms with E-state index >= 15 is 0 Å². The molecule has 0 saturated carbocycles. The second-order valence-corrected chi connectivity index (χ2v) is 6.93. The molecule has 0 fully saturated rings. The lowest BCUT2D eigenvalue weighted by Gasteiger charge is -2.34. The minimum absolute atomic E-state index is 0.0354. The molecule has 2 aliphatic rings. The number of allylic oxidation sites excluding steroid dienone is 2. The van der Waals surface area contributed by atoms with Crippen LogP contribution in [0.3, 0.4) is 0 Å². The second kappa shape index (κ2) is 6.82. The van der Waals surface area contributed by atoms with Gasteiger partial charge in [0.25, 0.3) is 0 Å². The first-order valence-corrected chi connectivity index (χ1v) is 8.69. The molecule has 2 atom stereocenters. The number of rotatable bonds is 3. The Balaban J connectivity index is 2.14. The average molecular weight is 341 g/mol. The number of esters is 1. The highest BCUT2D eigenvalue weighted by molar-refractivity contribution is 6.08. The number of phenols is 1. The standard InChI is InChI=1S/C20H23NO4/c1-11(2)25-20(24)17-12(3)21-15-8-5-9-16(23)19(15)18(17)13-6-4-7-14(22)10-13/h4,6-7,10-11,17-18,22H,5,8-9H2,1-3H3/t17?,18-/m0/s1. The maximum atomic E-state index is 12.8. The first-order chi connectivity index (χ1) is 11.9. The van der Waals surface area contributed by atoms with Gasteiger partial charge < -0.3 is 9.84 Å². The van der Waals surface area contributed by atoms with Crippen LogP contribution in [0.15, 0.2) is 40.5 Å². The highest BCUT2D eigenvalue weighted by atomic mass is 16.5. The summed E-state index contributed by atoms with van der Waals surface area (Å²) in [6.07, 6.45) is 1.74. The van der Waals surface area contributed by atoms with Crippen molar-refractivity contribution in [2.24, 2.45) is 10.9 Å². The predicted molar refractivity (Wildman–Crippen MR) is 94.6 cm³/mol. The molecule has 0 amide bonds. The maximum Gasteiger partial charge on any atom is 0.315 e. The van der Waals surface area contributed by atoms with Gasteiger partial charge in [-0.05, 0) is 51.3 Å². The highest BCUT2D eigenvalue weighted by Gasteiger charge is 2.43. The fourth-order valence-electron chi connectivity index (χ4n) is 3.70. The Kier molecular flexibility index (Phi) is 4.75. The van der Waals surface area contributed by atoms with E-state index in [2.05, 4.69) is 4.99 Å². The molecule has 0 aromatic heterocycles. The average Bonchev–Trinajstić information content (AvgIpc) is 2.53. The molecular formula is C20H23NO4. The number of phenolic OH excluding ortho intramolecular Hbond substituents is 1. The molecule has 5 heteroatoms. The second-order valence-electron chi connectivity index (χ2n) is 6.93. The summed E-state index contributed by atoms with van der Waals surface area (Å²) in [6, 6.07) is 6.76. The van der Waals surface area contributed by atoms with E-state index in [-0.39, 0.29) is 23.6 Å². The number of aromatic hydroxyl groups is 1. The Labute approximate surface area is 147 Å². The molecular weight excluding hydrogens is 318 g/mol. The van der Waals surface area contributed by atoms with Crippen LogP contribution >= 0.6 is 0 Å². The van der Waals surface area contributed by atoms with Crippen LogP contribution in [-0.4, -0.2) is 28.7 Å². The van der Waals surface area contributed by atoms with Gasteiger partial charge in [0.1, 0.15) is 11.7 Å². The molecule has 1 heterocycles. The molecule has 1 unspecified atom stereocenters. The van der Waals surface area contributed by atoms with Gasteiger partial charge in [-0.3, -0.25) is 14.6 Å². The number of carbonyl (C=O) groups is 2. The van der Waals surface area contributed by atoms with E-state index in [1.54, 1.807) is 32.0 Å². The number of benzene rings is 1. The van der Waals surface area contributed by atoms with E-state index in [1.165, 1.54) is 0 Å². The largest absolute Gasteiger partial charge is 0.508 e. The lowest BCUT2D eigenvalue weighted by atomic mass is 9.71. The Hall–Kier alpha value is -2.43. The number of ether oxygens (including phenoxy) is 1. The third kappa shape index (κ3) is 3.36. The van der Waals surface area contributed by atoms with E-state index < -0.39 is 11.8 Å². The summed E-state index contributed by atoms with van der Waals surface area (Å²) in [5, 5.41) is 9.89. The van der Waals surface area contributed by atoms with Gasteiger partial charge in [0.15, 0.2) is 5.78 Å². The summed E-state index contributed by atoms with van der Waals surface area (Å²) in [6.45, 7) is 5.41. The zero-order chi connectivity index (χ0) is 18.1. The van der Waals surface area contributed by atoms with Crippen molar-refractivity contribution in [1.29, 1.82) is 0 Å². The van der Waals surface area contributed by atoms with Gasteiger partial charge in [-0.1, -0.05) is 12.1 Å². The Morgan fingerprint density at radius 1 is 1.32 bits per heavy atom. The van der Waals surface area contributed by atoms with Crippen molar-refractivity contribution >= 4 is 17.5 Å². The summed E-state index contributed by atoms with van der Waals surface area (Å²) in [7, 11) is 0. The molecule has 1 aliphatic heterocycles. The van der Waals surface area contributed by atoms with Crippen molar-refractivity contribution in [1.82, 2.24) is 0 Å². The topological polar surface area (TPSA) is 76.0 Å².